The van der Waals surface area contributed by atoms with Gasteiger partial charge in [-0.05, 0) is 19.1 Å². The lowest BCUT2D eigenvalue weighted by molar-refractivity contribution is 0.607. The zero-order valence-electron chi connectivity index (χ0n) is 11.3. The molecular formula is C14H16N6. The van der Waals surface area contributed by atoms with Crippen molar-refractivity contribution in [2.24, 2.45) is 0 Å². The van der Waals surface area contributed by atoms with Crippen LogP contribution in [0.4, 0.5) is 5.95 Å². The van der Waals surface area contributed by atoms with Crippen LogP contribution in [0.2, 0.25) is 0 Å². The number of benzene rings is 1. The molecule has 0 aliphatic heterocycles. The molecule has 0 aliphatic rings. The first kappa shape index (κ1) is 12.4. The van der Waals surface area contributed by atoms with Crippen molar-refractivity contribution in [2.45, 2.75) is 13.5 Å². The van der Waals surface area contributed by atoms with Gasteiger partial charge in [0.25, 0.3) is 0 Å². The minimum atomic E-state index is 0.743. The Morgan fingerprint density at radius 3 is 2.80 bits per heavy atom. The first-order valence-corrected chi connectivity index (χ1v) is 6.52. The Bertz CT molecular complexity index is 656. The number of para-hydroxylation sites is 1. The normalized spacial score (nSPS) is 10.7. The van der Waals surface area contributed by atoms with Gasteiger partial charge in [0.1, 0.15) is 0 Å². The summed E-state index contributed by atoms with van der Waals surface area (Å²) in [6.07, 6.45) is 5.54. The fourth-order valence-electron chi connectivity index (χ4n) is 2.04. The van der Waals surface area contributed by atoms with Crippen molar-refractivity contribution in [1.29, 1.82) is 0 Å². The van der Waals surface area contributed by atoms with Crippen molar-refractivity contribution >= 4 is 5.95 Å². The number of imidazole rings is 1. The summed E-state index contributed by atoms with van der Waals surface area (Å²) in [5.74, 6) is 0.841. The third kappa shape index (κ3) is 2.69. The third-order valence-corrected chi connectivity index (χ3v) is 2.96. The first-order valence-electron chi connectivity index (χ1n) is 6.52. The summed E-state index contributed by atoms with van der Waals surface area (Å²) in [7, 11) is 0. The van der Waals surface area contributed by atoms with Crippen LogP contribution in [0.5, 0.6) is 0 Å². The van der Waals surface area contributed by atoms with Crippen LogP contribution in [0, 0.1) is 6.92 Å². The van der Waals surface area contributed by atoms with Crippen LogP contribution >= 0.6 is 0 Å². The lowest BCUT2D eigenvalue weighted by atomic mass is 10.3. The molecule has 2 aromatic heterocycles. The Labute approximate surface area is 117 Å². The third-order valence-electron chi connectivity index (χ3n) is 2.96. The molecule has 1 aromatic carbocycles. The van der Waals surface area contributed by atoms with Gasteiger partial charge in [-0.1, -0.05) is 23.4 Å². The summed E-state index contributed by atoms with van der Waals surface area (Å²) in [5, 5.41) is 11.0. The molecule has 0 fully saturated rings. The van der Waals surface area contributed by atoms with Crippen LogP contribution < -0.4 is 5.32 Å². The summed E-state index contributed by atoms with van der Waals surface area (Å²) in [6, 6.07) is 10.2. The largest absolute Gasteiger partial charge is 0.353 e. The Kier molecular flexibility index (Phi) is 3.45. The second-order valence-corrected chi connectivity index (χ2v) is 4.50. The fraction of sp³-hybridized carbons (Fsp3) is 0.214. The van der Waals surface area contributed by atoms with Gasteiger partial charge in [-0.3, -0.25) is 9.25 Å². The zero-order valence-corrected chi connectivity index (χ0v) is 11.3. The van der Waals surface area contributed by atoms with E-state index in [9.17, 15) is 0 Å². The lowest BCUT2D eigenvalue weighted by Crippen LogP contribution is -2.13. The number of anilines is 1. The van der Waals surface area contributed by atoms with Gasteiger partial charge in [0.2, 0.25) is 5.95 Å². The predicted molar refractivity (Wildman–Crippen MR) is 76.8 cm³/mol. The molecule has 20 heavy (non-hydrogen) atoms. The van der Waals surface area contributed by atoms with E-state index in [0.29, 0.717) is 0 Å². The van der Waals surface area contributed by atoms with E-state index in [0.717, 1.165) is 30.4 Å². The van der Waals surface area contributed by atoms with Crippen LogP contribution in [0.25, 0.3) is 5.69 Å². The summed E-state index contributed by atoms with van der Waals surface area (Å²) >= 11 is 0. The molecule has 0 atom stereocenters. The standard InChI is InChI=1S/C14H16N6/c1-12-11-20(13-5-3-2-4-6-13)14(17-12)15-7-9-19-10-8-16-18-19/h2-6,8,10-11H,7,9H2,1H3,(H,15,17). The van der Waals surface area contributed by atoms with E-state index in [-0.39, 0.29) is 0 Å². The SMILES string of the molecule is Cc1cn(-c2ccccc2)c(NCCn2ccnn2)n1. The maximum absolute atomic E-state index is 4.51. The quantitative estimate of drug-likeness (QED) is 0.767. The van der Waals surface area contributed by atoms with Gasteiger partial charge in [-0.25, -0.2) is 4.98 Å². The van der Waals surface area contributed by atoms with Crippen molar-refractivity contribution in [1.82, 2.24) is 24.5 Å². The smallest absolute Gasteiger partial charge is 0.207 e. The van der Waals surface area contributed by atoms with Gasteiger partial charge in [-0.15, -0.1) is 5.10 Å². The molecule has 3 rings (SSSR count). The number of aryl methyl sites for hydroxylation is 1. The highest BCUT2D eigenvalue weighted by Gasteiger charge is 2.06. The topological polar surface area (TPSA) is 60.6 Å². The Balaban J connectivity index is 1.73. The second kappa shape index (κ2) is 5.56. The number of hydrogen-bond donors (Lipinski definition) is 1. The number of nitrogens with zero attached hydrogens (tertiary/aromatic N) is 5. The van der Waals surface area contributed by atoms with Crippen molar-refractivity contribution in [3.05, 3.63) is 54.6 Å². The van der Waals surface area contributed by atoms with Crippen molar-refractivity contribution in [2.75, 3.05) is 11.9 Å². The molecule has 102 valence electrons. The summed E-state index contributed by atoms with van der Waals surface area (Å²) in [5.41, 5.74) is 2.08. The molecule has 1 N–H and O–H groups in total. The first-order chi connectivity index (χ1) is 9.83. The van der Waals surface area contributed by atoms with Crippen LogP contribution in [0.3, 0.4) is 0 Å². The van der Waals surface area contributed by atoms with Gasteiger partial charge in [0, 0.05) is 24.6 Å². The molecule has 0 radical (unpaired) electrons. The van der Waals surface area contributed by atoms with Gasteiger partial charge in [0.05, 0.1) is 18.4 Å². The van der Waals surface area contributed by atoms with E-state index in [2.05, 4.69) is 37.3 Å². The molecule has 0 aliphatic carbocycles. The highest BCUT2D eigenvalue weighted by molar-refractivity contribution is 5.42. The van der Waals surface area contributed by atoms with Gasteiger partial charge in [0.15, 0.2) is 0 Å². The van der Waals surface area contributed by atoms with E-state index in [4.69, 9.17) is 0 Å². The summed E-state index contributed by atoms with van der Waals surface area (Å²) in [4.78, 5) is 4.51. The number of nitrogens with one attached hydrogen (secondary N) is 1. The number of hydrogen-bond acceptors (Lipinski definition) is 4. The molecular weight excluding hydrogens is 252 g/mol. The minimum absolute atomic E-state index is 0.743. The van der Waals surface area contributed by atoms with Crippen molar-refractivity contribution in [3.63, 3.8) is 0 Å². The highest BCUT2D eigenvalue weighted by atomic mass is 15.4. The Morgan fingerprint density at radius 2 is 2.05 bits per heavy atom. The minimum Gasteiger partial charge on any atom is -0.353 e. The molecule has 6 nitrogen and oxygen atoms in total. The molecule has 0 amide bonds. The van der Waals surface area contributed by atoms with Crippen LogP contribution in [-0.2, 0) is 6.54 Å². The van der Waals surface area contributed by atoms with Crippen molar-refractivity contribution < 1.29 is 0 Å². The highest BCUT2D eigenvalue weighted by Crippen LogP contribution is 2.15. The van der Waals surface area contributed by atoms with E-state index in [1.807, 2.05) is 37.5 Å². The van der Waals surface area contributed by atoms with E-state index in [1.165, 1.54) is 0 Å². The van der Waals surface area contributed by atoms with Crippen LogP contribution in [0.15, 0.2) is 48.9 Å². The Hall–Kier alpha value is -2.63. The Morgan fingerprint density at radius 1 is 1.20 bits per heavy atom. The van der Waals surface area contributed by atoms with E-state index < -0.39 is 0 Å². The summed E-state index contributed by atoms with van der Waals surface area (Å²) < 4.78 is 3.84. The monoisotopic (exact) mass is 268 g/mol. The van der Waals surface area contributed by atoms with Crippen molar-refractivity contribution in [3.8, 4) is 5.69 Å². The summed E-state index contributed by atoms with van der Waals surface area (Å²) in [6.45, 7) is 3.48. The van der Waals surface area contributed by atoms with Gasteiger partial charge in [-0.2, -0.15) is 0 Å². The second-order valence-electron chi connectivity index (χ2n) is 4.50. The lowest BCUT2D eigenvalue weighted by Gasteiger charge is -2.09. The van der Waals surface area contributed by atoms with Gasteiger partial charge < -0.3 is 5.32 Å². The molecule has 0 saturated heterocycles. The molecule has 2 heterocycles. The van der Waals surface area contributed by atoms with Crippen LogP contribution in [-0.4, -0.2) is 31.1 Å². The molecule has 0 bridgehead atoms. The maximum Gasteiger partial charge on any atom is 0.207 e. The molecule has 3 aromatic rings. The maximum atomic E-state index is 4.51. The molecule has 0 spiro atoms. The number of rotatable bonds is 5. The molecule has 0 saturated carbocycles. The predicted octanol–water partition coefficient (Wildman–Crippen LogP) is 1.88. The van der Waals surface area contributed by atoms with E-state index in [1.54, 1.807) is 10.9 Å². The molecule has 6 heteroatoms. The zero-order chi connectivity index (χ0) is 13.8. The van der Waals surface area contributed by atoms with Gasteiger partial charge >= 0.3 is 0 Å². The number of aromatic nitrogens is 5. The molecule has 0 unspecified atom stereocenters. The average Bonchev–Trinajstić information content (AvgIpc) is 3.10. The van der Waals surface area contributed by atoms with Crippen LogP contribution in [0.1, 0.15) is 5.69 Å². The fourth-order valence-corrected chi connectivity index (χ4v) is 2.04. The average molecular weight is 268 g/mol. The van der Waals surface area contributed by atoms with E-state index >= 15 is 0 Å².